The Morgan fingerprint density at radius 3 is 2.39 bits per heavy atom. The van der Waals surface area contributed by atoms with Gasteiger partial charge in [0.1, 0.15) is 4.90 Å². The van der Waals surface area contributed by atoms with Gasteiger partial charge < -0.3 is 5.11 Å². The molecule has 0 atom stereocenters. The Bertz CT molecular complexity index is 903. The van der Waals surface area contributed by atoms with Gasteiger partial charge in [0.15, 0.2) is 0 Å². The number of sulfonamides is 1. The van der Waals surface area contributed by atoms with Crippen molar-refractivity contribution in [3.63, 3.8) is 0 Å². The molecule has 0 aliphatic carbocycles. The van der Waals surface area contributed by atoms with Crippen molar-refractivity contribution in [2.24, 2.45) is 7.05 Å². The first kappa shape index (κ1) is 17.3. The van der Waals surface area contributed by atoms with Gasteiger partial charge in [-0.15, -0.1) is 0 Å². The van der Waals surface area contributed by atoms with Crippen molar-refractivity contribution in [2.45, 2.75) is 25.7 Å². The third-order valence-electron chi connectivity index (χ3n) is 3.41. The van der Waals surface area contributed by atoms with Gasteiger partial charge in [-0.05, 0) is 38.5 Å². The summed E-state index contributed by atoms with van der Waals surface area (Å²) in [5.41, 5.74) is 1.00. The zero-order valence-electron chi connectivity index (χ0n) is 13.0. The van der Waals surface area contributed by atoms with Crippen LogP contribution in [0.25, 0.3) is 0 Å². The van der Waals surface area contributed by atoms with Gasteiger partial charge in [-0.3, -0.25) is 9.40 Å². The van der Waals surface area contributed by atoms with E-state index in [2.05, 4.69) is 9.82 Å². The Kier molecular flexibility index (Phi) is 4.41. The Morgan fingerprint density at radius 2 is 1.91 bits per heavy atom. The number of hydrogen-bond acceptors (Lipinski definition) is 4. The number of anilines is 1. The first-order valence-electron chi connectivity index (χ1n) is 6.61. The van der Waals surface area contributed by atoms with E-state index in [4.69, 9.17) is 11.6 Å². The minimum absolute atomic E-state index is 0.00739. The first-order valence-corrected chi connectivity index (χ1v) is 8.47. The predicted octanol–water partition coefficient (Wildman–Crippen LogP) is 2.50. The van der Waals surface area contributed by atoms with Crippen molar-refractivity contribution < 1.29 is 18.3 Å². The highest BCUT2D eigenvalue weighted by atomic mass is 35.5. The van der Waals surface area contributed by atoms with Crippen LogP contribution in [0.2, 0.25) is 5.02 Å². The molecule has 1 aromatic heterocycles. The summed E-state index contributed by atoms with van der Waals surface area (Å²) in [7, 11) is -2.40. The zero-order chi connectivity index (χ0) is 17.5. The lowest BCUT2D eigenvalue weighted by Gasteiger charge is -2.13. The van der Waals surface area contributed by atoms with Crippen molar-refractivity contribution in [3.05, 3.63) is 39.7 Å². The number of aromatic nitrogens is 2. The van der Waals surface area contributed by atoms with E-state index >= 15 is 0 Å². The summed E-state index contributed by atoms with van der Waals surface area (Å²) in [5, 5.41) is 13.4. The van der Waals surface area contributed by atoms with Gasteiger partial charge in [0.05, 0.1) is 27.7 Å². The van der Waals surface area contributed by atoms with E-state index in [0.717, 1.165) is 0 Å². The van der Waals surface area contributed by atoms with Gasteiger partial charge in [0, 0.05) is 7.05 Å². The van der Waals surface area contributed by atoms with Crippen LogP contribution < -0.4 is 4.72 Å². The second-order valence-electron chi connectivity index (χ2n) is 5.20. The zero-order valence-corrected chi connectivity index (χ0v) is 14.6. The summed E-state index contributed by atoms with van der Waals surface area (Å²) in [5.74, 6) is -1.27. The van der Waals surface area contributed by atoms with Gasteiger partial charge in [-0.1, -0.05) is 11.6 Å². The highest BCUT2D eigenvalue weighted by Crippen LogP contribution is 2.31. The number of nitrogens with one attached hydrogen (secondary N) is 1. The molecule has 0 aliphatic rings. The molecule has 0 unspecified atom stereocenters. The summed E-state index contributed by atoms with van der Waals surface area (Å²) < 4.78 is 29.0. The highest BCUT2D eigenvalue weighted by Gasteiger charge is 2.27. The summed E-state index contributed by atoms with van der Waals surface area (Å²) in [4.78, 5) is 11.4. The lowest BCUT2D eigenvalue weighted by atomic mass is 10.1. The Labute approximate surface area is 138 Å². The van der Waals surface area contributed by atoms with Gasteiger partial charge >= 0.3 is 5.97 Å². The minimum atomic E-state index is -4.03. The normalized spacial score (nSPS) is 11.5. The van der Waals surface area contributed by atoms with Crippen LogP contribution in [-0.4, -0.2) is 29.3 Å². The summed E-state index contributed by atoms with van der Waals surface area (Å²) in [6.07, 6.45) is 0. The van der Waals surface area contributed by atoms with Crippen LogP contribution >= 0.6 is 11.6 Å². The van der Waals surface area contributed by atoms with Crippen LogP contribution in [0.3, 0.4) is 0 Å². The second-order valence-corrected chi connectivity index (χ2v) is 7.23. The summed E-state index contributed by atoms with van der Waals surface area (Å²) >= 11 is 6.05. The maximum atomic E-state index is 12.7. The molecule has 2 rings (SSSR count). The first-order chi connectivity index (χ1) is 10.5. The number of rotatable bonds is 4. The number of hydrogen-bond donors (Lipinski definition) is 2. The molecule has 0 fully saturated rings. The second kappa shape index (κ2) is 5.86. The fourth-order valence-corrected chi connectivity index (χ4v) is 4.26. The van der Waals surface area contributed by atoms with E-state index in [-0.39, 0.29) is 21.2 Å². The van der Waals surface area contributed by atoms with Gasteiger partial charge in [-0.2, -0.15) is 5.10 Å². The van der Waals surface area contributed by atoms with Gasteiger partial charge in [0.25, 0.3) is 10.0 Å². The SMILES string of the molecule is Cc1cc(Cl)c(NS(=O)(=O)c2c(C)nn(C)c2C)c(C(=O)O)c1. The molecule has 0 saturated carbocycles. The third kappa shape index (κ3) is 3.18. The van der Waals surface area contributed by atoms with Gasteiger partial charge in [0.2, 0.25) is 0 Å². The topological polar surface area (TPSA) is 101 Å². The molecular weight excluding hydrogens is 342 g/mol. The molecule has 0 radical (unpaired) electrons. The number of carbonyl (C=O) groups is 1. The van der Waals surface area contributed by atoms with E-state index < -0.39 is 16.0 Å². The fourth-order valence-electron chi connectivity index (χ4n) is 2.34. The average Bonchev–Trinajstić information content (AvgIpc) is 2.66. The molecule has 2 N–H and O–H groups in total. The van der Waals surface area contributed by atoms with Crippen LogP contribution in [0.15, 0.2) is 17.0 Å². The third-order valence-corrected chi connectivity index (χ3v) is 5.31. The number of aryl methyl sites for hydroxylation is 3. The summed E-state index contributed by atoms with van der Waals surface area (Å²) in [6, 6.07) is 2.85. The highest BCUT2D eigenvalue weighted by molar-refractivity contribution is 7.92. The molecule has 0 amide bonds. The van der Waals surface area contributed by atoms with E-state index in [1.54, 1.807) is 27.8 Å². The fraction of sp³-hybridized carbons (Fsp3) is 0.286. The molecule has 0 bridgehead atoms. The monoisotopic (exact) mass is 357 g/mol. The van der Waals surface area contributed by atoms with Crippen molar-refractivity contribution >= 4 is 33.3 Å². The number of halogens is 1. The molecule has 23 heavy (non-hydrogen) atoms. The van der Waals surface area contributed by atoms with E-state index in [0.29, 0.717) is 17.0 Å². The van der Waals surface area contributed by atoms with Crippen molar-refractivity contribution in [1.29, 1.82) is 0 Å². The van der Waals surface area contributed by atoms with Gasteiger partial charge in [-0.25, -0.2) is 13.2 Å². The Morgan fingerprint density at radius 1 is 1.30 bits per heavy atom. The largest absolute Gasteiger partial charge is 0.478 e. The number of aromatic carboxylic acids is 1. The molecule has 7 nitrogen and oxygen atoms in total. The Hall–Kier alpha value is -2.06. The number of nitrogens with zero attached hydrogens (tertiary/aromatic N) is 2. The number of carboxylic acid groups (broad SMARTS) is 1. The van der Waals surface area contributed by atoms with Crippen LogP contribution in [0.4, 0.5) is 5.69 Å². The molecule has 124 valence electrons. The van der Waals surface area contributed by atoms with E-state index in [1.165, 1.54) is 16.8 Å². The van der Waals surface area contributed by atoms with Crippen molar-refractivity contribution in [1.82, 2.24) is 9.78 Å². The molecular formula is C14H16ClN3O4S. The number of carboxylic acids is 1. The smallest absolute Gasteiger partial charge is 0.337 e. The lowest BCUT2D eigenvalue weighted by molar-refractivity contribution is 0.0698. The molecule has 1 aromatic carbocycles. The quantitative estimate of drug-likeness (QED) is 0.875. The molecule has 9 heteroatoms. The van der Waals surface area contributed by atoms with Crippen LogP contribution in [-0.2, 0) is 17.1 Å². The molecule has 1 heterocycles. The predicted molar refractivity (Wildman–Crippen MR) is 86.6 cm³/mol. The lowest BCUT2D eigenvalue weighted by Crippen LogP contribution is -2.17. The Balaban J connectivity index is 2.61. The maximum absolute atomic E-state index is 12.7. The minimum Gasteiger partial charge on any atom is -0.478 e. The van der Waals surface area contributed by atoms with Crippen LogP contribution in [0.5, 0.6) is 0 Å². The van der Waals surface area contributed by atoms with E-state index in [9.17, 15) is 18.3 Å². The summed E-state index contributed by atoms with van der Waals surface area (Å²) in [6.45, 7) is 4.85. The van der Waals surface area contributed by atoms with Crippen molar-refractivity contribution in [3.8, 4) is 0 Å². The van der Waals surface area contributed by atoms with Crippen LogP contribution in [0, 0.1) is 20.8 Å². The average molecular weight is 358 g/mol. The maximum Gasteiger partial charge on any atom is 0.337 e. The molecule has 0 aliphatic heterocycles. The van der Waals surface area contributed by atoms with Crippen LogP contribution in [0.1, 0.15) is 27.3 Å². The molecule has 0 spiro atoms. The standard InChI is InChI=1S/C14H16ClN3O4S/c1-7-5-10(14(19)20)12(11(15)6-7)17-23(21,22)13-8(2)16-18(4)9(13)3/h5-6,17H,1-4H3,(H,19,20). The number of benzene rings is 1. The van der Waals surface area contributed by atoms with Crippen molar-refractivity contribution in [2.75, 3.05) is 4.72 Å². The molecule has 0 saturated heterocycles. The molecule has 2 aromatic rings. The van der Waals surface area contributed by atoms with E-state index in [1.807, 2.05) is 0 Å².